The van der Waals surface area contributed by atoms with Crippen molar-refractivity contribution in [2.24, 2.45) is 0 Å². The second-order valence-electron chi connectivity index (χ2n) is 6.63. The van der Waals surface area contributed by atoms with E-state index in [2.05, 4.69) is 10.1 Å². The van der Waals surface area contributed by atoms with E-state index in [0.29, 0.717) is 13.0 Å². The Morgan fingerprint density at radius 2 is 1.38 bits per heavy atom. The molecule has 24 heavy (non-hydrogen) atoms. The first-order valence-electron chi connectivity index (χ1n) is 9.29. The lowest BCUT2D eigenvalue weighted by Crippen LogP contribution is -2.24. The summed E-state index contributed by atoms with van der Waals surface area (Å²) < 4.78 is 5.15. The zero-order valence-electron chi connectivity index (χ0n) is 14.3. The van der Waals surface area contributed by atoms with E-state index >= 15 is 0 Å². The fourth-order valence-electron chi connectivity index (χ4n) is 3.09. The molecule has 0 aromatic heterocycles. The largest absolute Gasteiger partial charge is 0.479 e. The minimum atomic E-state index is -0.972. The summed E-state index contributed by atoms with van der Waals surface area (Å²) in [6, 6.07) is 0. The molecule has 2 heterocycles. The Hall–Kier alpha value is -0.730. The van der Waals surface area contributed by atoms with Crippen molar-refractivity contribution in [2.75, 3.05) is 6.61 Å². The number of epoxide rings is 1. The zero-order valence-corrected chi connectivity index (χ0v) is 14.3. The van der Waals surface area contributed by atoms with Crippen molar-refractivity contribution in [2.45, 2.75) is 95.4 Å². The van der Waals surface area contributed by atoms with Gasteiger partial charge in [0.05, 0.1) is 6.61 Å². The van der Waals surface area contributed by atoms with Crippen LogP contribution in [-0.2, 0) is 29.4 Å². The highest BCUT2D eigenvalue weighted by Crippen LogP contribution is 2.30. The molecule has 0 spiro atoms. The van der Waals surface area contributed by atoms with E-state index in [9.17, 15) is 4.79 Å². The van der Waals surface area contributed by atoms with Gasteiger partial charge in [0.2, 0.25) is 0 Å². The van der Waals surface area contributed by atoms with Crippen LogP contribution < -0.4 is 0 Å². The number of hydrogen-bond acceptors (Lipinski definition) is 6. The van der Waals surface area contributed by atoms with Crippen LogP contribution in [0.3, 0.4) is 0 Å². The summed E-state index contributed by atoms with van der Waals surface area (Å²) in [6.07, 6.45) is 11.9. The number of carboxylic acid groups (broad SMARTS) is 1. The van der Waals surface area contributed by atoms with Gasteiger partial charge in [0, 0.05) is 0 Å². The Morgan fingerprint density at radius 3 is 1.96 bits per heavy atom. The van der Waals surface area contributed by atoms with Gasteiger partial charge in [-0.05, 0) is 22.9 Å². The van der Waals surface area contributed by atoms with Gasteiger partial charge in [-0.2, -0.15) is 4.89 Å². The maximum Gasteiger partial charge on any atom is 0.335 e. The minimum absolute atomic E-state index is 0.450. The van der Waals surface area contributed by atoms with Gasteiger partial charge in [0.25, 0.3) is 0 Å². The lowest BCUT2D eigenvalue weighted by Gasteiger charge is -2.13. The van der Waals surface area contributed by atoms with Crippen molar-refractivity contribution in [3.8, 4) is 0 Å². The summed E-state index contributed by atoms with van der Waals surface area (Å²) in [5.74, 6) is -0.972. The van der Waals surface area contributed by atoms with Crippen LogP contribution >= 0.6 is 0 Å². The third kappa shape index (κ3) is 7.90. The highest BCUT2D eigenvalue weighted by atomic mass is 17.7. The van der Waals surface area contributed by atoms with Gasteiger partial charge >= 0.3 is 5.97 Å². The SMILES string of the molecule is O=C(O)C1OC1C1CCCCCCCCCCCCCOOOO1. The highest BCUT2D eigenvalue weighted by molar-refractivity contribution is 5.75. The lowest BCUT2D eigenvalue weighted by atomic mass is 10.0. The topological polar surface area (TPSA) is 86.8 Å². The molecule has 1 N–H and O–H groups in total. The average molecular weight is 346 g/mol. The number of rotatable bonds is 2. The molecule has 0 aromatic rings. The number of carboxylic acids is 1. The van der Waals surface area contributed by atoms with Crippen molar-refractivity contribution < 1.29 is 34.5 Å². The normalized spacial score (nSPS) is 32.4. The standard InChI is InChI=1S/C17H30O7/c18-17(19)16-15(21-16)14-12-10-8-6-4-2-1-3-5-7-9-11-13-20-23-24-22-14/h14-16H,1-13H2,(H,18,19). The Kier molecular flexibility index (Phi) is 9.60. The van der Waals surface area contributed by atoms with Gasteiger partial charge in [-0.25, -0.2) is 9.68 Å². The maximum atomic E-state index is 10.9. The van der Waals surface area contributed by atoms with Gasteiger partial charge in [0.1, 0.15) is 12.2 Å². The van der Waals surface area contributed by atoms with Crippen molar-refractivity contribution in [1.29, 1.82) is 0 Å². The van der Waals surface area contributed by atoms with Crippen LogP contribution in [0.1, 0.15) is 77.0 Å². The quantitative estimate of drug-likeness (QED) is 0.602. The van der Waals surface area contributed by atoms with Crippen LogP contribution in [0.2, 0.25) is 0 Å². The van der Waals surface area contributed by atoms with Crippen LogP contribution in [-0.4, -0.2) is 36.0 Å². The van der Waals surface area contributed by atoms with E-state index in [1.54, 1.807) is 0 Å². The van der Waals surface area contributed by atoms with Gasteiger partial charge in [-0.3, -0.25) is 0 Å². The summed E-state index contributed by atoms with van der Waals surface area (Å²) in [6.45, 7) is 0.450. The molecule has 3 unspecified atom stereocenters. The molecule has 0 aromatic carbocycles. The van der Waals surface area contributed by atoms with Crippen molar-refractivity contribution in [3.63, 3.8) is 0 Å². The van der Waals surface area contributed by atoms with Gasteiger partial charge in [-0.15, -0.1) is 0 Å². The van der Waals surface area contributed by atoms with Crippen molar-refractivity contribution >= 4 is 5.97 Å². The Bertz CT molecular complexity index is 332. The lowest BCUT2D eigenvalue weighted by molar-refractivity contribution is -0.642. The molecule has 0 radical (unpaired) electrons. The third-order valence-corrected chi connectivity index (χ3v) is 4.59. The molecule has 2 fully saturated rings. The predicted molar refractivity (Wildman–Crippen MR) is 84.7 cm³/mol. The maximum absolute atomic E-state index is 10.9. The third-order valence-electron chi connectivity index (χ3n) is 4.59. The van der Waals surface area contributed by atoms with E-state index in [1.807, 2.05) is 0 Å². The molecule has 2 saturated heterocycles. The van der Waals surface area contributed by atoms with E-state index in [1.165, 1.54) is 44.9 Å². The number of hydrogen-bond donors (Lipinski definition) is 1. The monoisotopic (exact) mass is 346 g/mol. The molecule has 2 aliphatic heterocycles. The highest BCUT2D eigenvalue weighted by Gasteiger charge is 2.51. The van der Waals surface area contributed by atoms with Crippen LogP contribution in [0.5, 0.6) is 0 Å². The first-order chi connectivity index (χ1) is 11.8. The average Bonchev–Trinajstić information content (AvgIpc) is 3.35. The summed E-state index contributed by atoms with van der Waals surface area (Å²) in [5.41, 5.74) is 0. The van der Waals surface area contributed by atoms with Crippen molar-refractivity contribution in [3.05, 3.63) is 0 Å². The Balaban J connectivity index is 1.70. The molecule has 0 aliphatic carbocycles. The summed E-state index contributed by atoms with van der Waals surface area (Å²) in [4.78, 5) is 21.0. The molecule has 7 heteroatoms. The van der Waals surface area contributed by atoms with Crippen LogP contribution in [0.15, 0.2) is 0 Å². The summed E-state index contributed by atoms with van der Waals surface area (Å²) in [5, 5.41) is 18.1. The van der Waals surface area contributed by atoms with E-state index < -0.39 is 24.3 Å². The van der Waals surface area contributed by atoms with Crippen LogP contribution in [0.25, 0.3) is 0 Å². The first-order valence-corrected chi connectivity index (χ1v) is 9.29. The molecule has 0 bridgehead atoms. The molecule has 2 rings (SSSR count). The summed E-state index contributed by atoms with van der Waals surface area (Å²) in [7, 11) is 0. The van der Waals surface area contributed by atoms with Gasteiger partial charge in [-0.1, -0.05) is 64.2 Å². The smallest absolute Gasteiger partial charge is 0.335 e. The second kappa shape index (κ2) is 11.8. The molecule has 3 atom stereocenters. The van der Waals surface area contributed by atoms with Gasteiger partial charge in [0.15, 0.2) is 6.10 Å². The van der Waals surface area contributed by atoms with E-state index in [4.69, 9.17) is 19.6 Å². The number of carbonyl (C=O) groups is 1. The Labute approximate surface area is 143 Å². The van der Waals surface area contributed by atoms with Crippen LogP contribution in [0.4, 0.5) is 0 Å². The van der Waals surface area contributed by atoms with Crippen molar-refractivity contribution in [1.82, 2.24) is 0 Å². The second-order valence-corrected chi connectivity index (χ2v) is 6.63. The molecule has 0 amide bonds. The number of aliphatic carboxylic acids is 1. The molecular weight excluding hydrogens is 316 g/mol. The molecule has 140 valence electrons. The van der Waals surface area contributed by atoms with E-state index in [0.717, 1.165) is 25.7 Å². The molecule has 7 nitrogen and oxygen atoms in total. The zero-order chi connectivity index (χ0) is 17.0. The van der Waals surface area contributed by atoms with Gasteiger partial charge < -0.3 is 9.84 Å². The van der Waals surface area contributed by atoms with Crippen LogP contribution in [0, 0.1) is 0 Å². The fourth-order valence-corrected chi connectivity index (χ4v) is 3.09. The first kappa shape index (κ1) is 19.6. The Morgan fingerprint density at radius 1 is 0.792 bits per heavy atom. The fraction of sp³-hybridized carbons (Fsp3) is 0.941. The molecular formula is C17H30O7. The van der Waals surface area contributed by atoms with E-state index in [-0.39, 0.29) is 0 Å². The summed E-state index contributed by atoms with van der Waals surface area (Å²) >= 11 is 0. The minimum Gasteiger partial charge on any atom is -0.479 e. The molecule has 0 saturated carbocycles. The number of ether oxygens (including phenoxy) is 1. The predicted octanol–water partition coefficient (Wildman–Crippen LogP) is 3.71. The molecule has 2 aliphatic rings.